The molecule has 0 spiro atoms. The lowest BCUT2D eigenvalue weighted by atomic mass is 9.88. The van der Waals surface area contributed by atoms with E-state index in [1.54, 1.807) is 11.1 Å². The molecule has 1 aliphatic rings. The molecule has 1 N–H and O–H groups in total. The van der Waals surface area contributed by atoms with Crippen molar-refractivity contribution in [1.82, 2.24) is 0 Å². The molecule has 164 valence electrons. The van der Waals surface area contributed by atoms with Gasteiger partial charge in [0.1, 0.15) is 0 Å². The molecule has 0 atom stereocenters. The van der Waals surface area contributed by atoms with Gasteiger partial charge in [0.05, 0.1) is 5.41 Å². The molecular weight excluding hydrogens is 356 g/mol. The van der Waals surface area contributed by atoms with E-state index in [-0.39, 0.29) is 5.41 Å². The van der Waals surface area contributed by atoms with Crippen LogP contribution < -0.4 is 0 Å². The molecule has 0 amide bonds. The first kappa shape index (κ1) is 24.0. The molecule has 0 saturated heterocycles. The van der Waals surface area contributed by atoms with Crippen LogP contribution in [0.3, 0.4) is 0 Å². The maximum absolute atomic E-state index is 11.3. The van der Waals surface area contributed by atoms with Crippen LogP contribution in [0.1, 0.15) is 114 Å². The van der Waals surface area contributed by atoms with E-state index in [9.17, 15) is 9.90 Å². The summed E-state index contributed by atoms with van der Waals surface area (Å²) in [6.07, 6.45) is 15.0. The number of aliphatic carboxylic acids is 1. The van der Waals surface area contributed by atoms with Gasteiger partial charge < -0.3 is 5.11 Å². The van der Waals surface area contributed by atoms with Crippen molar-refractivity contribution in [3.05, 3.63) is 34.4 Å². The Morgan fingerprint density at radius 3 is 2.17 bits per heavy atom. The van der Waals surface area contributed by atoms with E-state index in [0.29, 0.717) is 5.41 Å². The molecule has 0 aromatic heterocycles. The molecule has 29 heavy (non-hydrogen) atoms. The summed E-state index contributed by atoms with van der Waals surface area (Å²) in [6.45, 7) is 11.5. The number of carboxylic acid groups (broad SMARTS) is 1. The van der Waals surface area contributed by atoms with Gasteiger partial charge in [-0.15, -0.1) is 0 Å². The summed E-state index contributed by atoms with van der Waals surface area (Å²) < 4.78 is 0. The van der Waals surface area contributed by atoms with Crippen LogP contribution >= 0.6 is 0 Å². The highest BCUT2D eigenvalue weighted by Gasteiger charge is 2.49. The topological polar surface area (TPSA) is 37.3 Å². The van der Waals surface area contributed by atoms with Crippen LogP contribution in [0.15, 0.2) is 12.1 Å². The van der Waals surface area contributed by atoms with E-state index >= 15 is 0 Å². The van der Waals surface area contributed by atoms with Crippen molar-refractivity contribution < 1.29 is 9.90 Å². The van der Waals surface area contributed by atoms with Gasteiger partial charge in [-0.25, -0.2) is 0 Å². The third-order valence-corrected chi connectivity index (χ3v) is 6.72. The van der Waals surface area contributed by atoms with Gasteiger partial charge in [-0.3, -0.25) is 4.79 Å². The normalized spacial score (nSPS) is 15.5. The minimum atomic E-state index is -0.573. The van der Waals surface area contributed by atoms with E-state index in [0.717, 1.165) is 38.5 Å². The fourth-order valence-electron chi connectivity index (χ4n) is 4.65. The molecule has 0 radical (unpaired) electrons. The maximum Gasteiger partial charge on any atom is 0.309 e. The average molecular weight is 401 g/mol. The van der Waals surface area contributed by atoms with E-state index in [1.165, 1.54) is 56.1 Å². The molecule has 0 bridgehead atoms. The predicted molar refractivity (Wildman–Crippen MR) is 124 cm³/mol. The highest BCUT2D eigenvalue weighted by molar-refractivity contribution is 5.77. The van der Waals surface area contributed by atoms with Gasteiger partial charge in [0, 0.05) is 0 Å². The Hall–Kier alpha value is -1.31. The van der Waals surface area contributed by atoms with Crippen molar-refractivity contribution in [2.75, 3.05) is 0 Å². The zero-order valence-electron chi connectivity index (χ0n) is 19.7. The van der Waals surface area contributed by atoms with Crippen molar-refractivity contribution in [3.63, 3.8) is 0 Å². The smallest absolute Gasteiger partial charge is 0.309 e. The lowest BCUT2D eigenvalue weighted by molar-refractivity contribution is -0.143. The van der Waals surface area contributed by atoms with Crippen LogP contribution in [0.25, 0.3) is 0 Å². The molecular formula is C27H44O2. The molecule has 0 unspecified atom stereocenters. The third-order valence-electron chi connectivity index (χ3n) is 6.72. The Kier molecular flexibility index (Phi) is 8.79. The first-order chi connectivity index (χ1) is 13.6. The van der Waals surface area contributed by atoms with Crippen LogP contribution in [0.4, 0.5) is 0 Å². The highest BCUT2D eigenvalue weighted by Crippen LogP contribution is 2.50. The van der Waals surface area contributed by atoms with Gasteiger partial charge in [0.25, 0.3) is 0 Å². The van der Waals surface area contributed by atoms with E-state index < -0.39 is 5.97 Å². The molecule has 1 fully saturated rings. The third kappa shape index (κ3) is 8.15. The molecule has 0 heterocycles. The van der Waals surface area contributed by atoms with Crippen molar-refractivity contribution in [1.29, 1.82) is 0 Å². The molecule has 0 aliphatic heterocycles. The second-order valence-corrected chi connectivity index (χ2v) is 10.8. The van der Waals surface area contributed by atoms with Gasteiger partial charge in [-0.05, 0) is 87.3 Å². The van der Waals surface area contributed by atoms with Crippen LogP contribution in [-0.2, 0) is 17.6 Å². The Balaban J connectivity index is 1.76. The Morgan fingerprint density at radius 1 is 0.931 bits per heavy atom. The summed E-state index contributed by atoms with van der Waals surface area (Å²) in [5.74, 6) is -0.573. The molecule has 1 saturated carbocycles. The average Bonchev–Trinajstić information content (AvgIpc) is 3.39. The van der Waals surface area contributed by atoms with Gasteiger partial charge in [-0.1, -0.05) is 70.6 Å². The van der Waals surface area contributed by atoms with E-state index in [1.807, 2.05) is 0 Å². The number of rotatable bonds is 13. The number of aryl methyl sites for hydroxylation is 3. The summed E-state index contributed by atoms with van der Waals surface area (Å²) in [7, 11) is 0. The standard InChI is InChI=1S/C27H44O2/c1-21-19-22(2)24(14-10-8-12-16-27(17-18-27)25(28)29)23(20-21)13-9-6-7-11-15-26(3,4)5/h19-20H,6-18H2,1-5H3,(H,28,29). The Morgan fingerprint density at radius 2 is 1.55 bits per heavy atom. The van der Waals surface area contributed by atoms with Crippen LogP contribution in [0.2, 0.25) is 0 Å². The number of carbonyl (C=O) groups is 1. The van der Waals surface area contributed by atoms with Crippen LogP contribution in [0.5, 0.6) is 0 Å². The van der Waals surface area contributed by atoms with Gasteiger partial charge in [0.15, 0.2) is 0 Å². The van der Waals surface area contributed by atoms with E-state index in [4.69, 9.17) is 0 Å². The van der Waals surface area contributed by atoms with Crippen LogP contribution in [-0.4, -0.2) is 11.1 Å². The fourth-order valence-corrected chi connectivity index (χ4v) is 4.65. The number of hydrogen-bond acceptors (Lipinski definition) is 1. The number of unbranched alkanes of at least 4 members (excludes halogenated alkanes) is 5. The molecule has 1 aromatic rings. The van der Waals surface area contributed by atoms with Crippen molar-refractivity contribution in [3.8, 4) is 0 Å². The fraction of sp³-hybridized carbons (Fsp3) is 0.741. The lowest BCUT2D eigenvalue weighted by Crippen LogP contribution is -2.14. The second kappa shape index (κ2) is 10.6. The quantitative estimate of drug-likeness (QED) is 0.343. The largest absolute Gasteiger partial charge is 0.481 e. The zero-order chi connectivity index (χ0) is 21.5. The summed E-state index contributed by atoms with van der Waals surface area (Å²) in [5, 5.41) is 9.31. The van der Waals surface area contributed by atoms with E-state index in [2.05, 4.69) is 46.8 Å². The van der Waals surface area contributed by atoms with Crippen molar-refractivity contribution in [2.24, 2.45) is 10.8 Å². The SMILES string of the molecule is Cc1cc(C)c(CCCCCC2(C(=O)O)CC2)c(CCCCCCC(C)(C)C)c1. The molecule has 1 aromatic carbocycles. The van der Waals surface area contributed by atoms with Crippen molar-refractivity contribution >= 4 is 5.97 Å². The van der Waals surface area contributed by atoms with Gasteiger partial charge in [-0.2, -0.15) is 0 Å². The number of benzene rings is 1. The lowest BCUT2D eigenvalue weighted by Gasteiger charge is -2.17. The molecule has 2 rings (SSSR count). The maximum atomic E-state index is 11.3. The molecule has 1 aliphatic carbocycles. The first-order valence-electron chi connectivity index (χ1n) is 12.0. The molecule has 2 nitrogen and oxygen atoms in total. The number of carboxylic acids is 1. The Bertz CT molecular complexity index is 662. The predicted octanol–water partition coefficient (Wildman–Crippen LogP) is 7.81. The summed E-state index contributed by atoms with van der Waals surface area (Å²) in [5.41, 5.74) is 6.05. The van der Waals surface area contributed by atoms with Gasteiger partial charge in [0.2, 0.25) is 0 Å². The number of hydrogen-bond donors (Lipinski definition) is 1. The van der Waals surface area contributed by atoms with Gasteiger partial charge >= 0.3 is 5.97 Å². The van der Waals surface area contributed by atoms with Crippen molar-refractivity contribution in [2.45, 2.75) is 118 Å². The highest BCUT2D eigenvalue weighted by atomic mass is 16.4. The summed E-state index contributed by atoms with van der Waals surface area (Å²) >= 11 is 0. The minimum Gasteiger partial charge on any atom is -0.481 e. The minimum absolute atomic E-state index is 0.349. The van der Waals surface area contributed by atoms with Crippen LogP contribution in [0, 0.1) is 24.7 Å². The second-order valence-electron chi connectivity index (χ2n) is 10.8. The zero-order valence-corrected chi connectivity index (χ0v) is 19.7. The summed E-state index contributed by atoms with van der Waals surface area (Å²) in [6, 6.07) is 4.73. The first-order valence-corrected chi connectivity index (χ1v) is 12.0. The Labute approximate surface area is 179 Å². The molecule has 2 heteroatoms. The monoisotopic (exact) mass is 400 g/mol. The summed E-state index contributed by atoms with van der Waals surface area (Å²) in [4.78, 5) is 11.3.